The molecule has 2 amide bonds. The Labute approximate surface area is 171 Å². The SMILES string of the molecule is O=C(CCc1nc(-c2ccccc2)no1)Nc1ccc(NC(=O)c2ccco2)cc1. The minimum absolute atomic E-state index is 0.179. The fourth-order valence-corrected chi connectivity index (χ4v) is 2.74. The fraction of sp³-hybridized carbons (Fsp3) is 0.0909. The number of aryl methyl sites for hydroxylation is 1. The first-order valence-corrected chi connectivity index (χ1v) is 9.30. The zero-order chi connectivity index (χ0) is 20.8. The first-order chi connectivity index (χ1) is 14.7. The molecule has 2 aromatic heterocycles. The van der Waals surface area contributed by atoms with E-state index in [9.17, 15) is 9.59 Å². The number of hydrogen-bond acceptors (Lipinski definition) is 6. The van der Waals surface area contributed by atoms with Gasteiger partial charge in [-0.15, -0.1) is 0 Å². The summed E-state index contributed by atoms with van der Waals surface area (Å²) in [6.07, 6.45) is 1.97. The van der Waals surface area contributed by atoms with E-state index in [1.54, 1.807) is 36.4 Å². The van der Waals surface area contributed by atoms with Crippen LogP contribution in [-0.4, -0.2) is 22.0 Å². The van der Waals surface area contributed by atoms with E-state index >= 15 is 0 Å². The monoisotopic (exact) mass is 402 g/mol. The average molecular weight is 402 g/mol. The molecule has 0 spiro atoms. The number of benzene rings is 2. The second kappa shape index (κ2) is 8.87. The largest absolute Gasteiger partial charge is 0.459 e. The van der Waals surface area contributed by atoms with E-state index in [0.29, 0.717) is 29.5 Å². The molecule has 0 saturated carbocycles. The highest BCUT2D eigenvalue weighted by molar-refractivity contribution is 6.02. The molecule has 0 radical (unpaired) electrons. The highest BCUT2D eigenvalue weighted by atomic mass is 16.5. The lowest BCUT2D eigenvalue weighted by atomic mass is 10.2. The highest BCUT2D eigenvalue weighted by Gasteiger charge is 2.11. The number of nitrogens with one attached hydrogen (secondary N) is 2. The summed E-state index contributed by atoms with van der Waals surface area (Å²) >= 11 is 0. The van der Waals surface area contributed by atoms with Crippen LogP contribution in [0.2, 0.25) is 0 Å². The van der Waals surface area contributed by atoms with Crippen LogP contribution in [-0.2, 0) is 11.2 Å². The van der Waals surface area contributed by atoms with Crippen molar-refractivity contribution in [3.63, 3.8) is 0 Å². The molecule has 0 aliphatic carbocycles. The van der Waals surface area contributed by atoms with Gasteiger partial charge < -0.3 is 19.6 Å². The first kappa shape index (κ1) is 19.1. The van der Waals surface area contributed by atoms with Gasteiger partial charge in [0, 0.05) is 29.8 Å². The van der Waals surface area contributed by atoms with E-state index < -0.39 is 0 Å². The maximum atomic E-state index is 12.2. The average Bonchev–Trinajstić information content (AvgIpc) is 3.47. The van der Waals surface area contributed by atoms with Crippen LogP contribution in [0.3, 0.4) is 0 Å². The summed E-state index contributed by atoms with van der Waals surface area (Å²) in [6, 6.07) is 19.5. The third kappa shape index (κ3) is 4.79. The fourth-order valence-electron chi connectivity index (χ4n) is 2.74. The van der Waals surface area contributed by atoms with Crippen LogP contribution in [0.1, 0.15) is 22.9 Å². The Morgan fingerprint density at radius 1 is 0.867 bits per heavy atom. The summed E-state index contributed by atoms with van der Waals surface area (Å²) in [4.78, 5) is 28.5. The van der Waals surface area contributed by atoms with Crippen LogP contribution in [0.5, 0.6) is 0 Å². The number of rotatable bonds is 7. The summed E-state index contributed by atoms with van der Waals surface area (Å²) in [5.41, 5.74) is 2.07. The van der Waals surface area contributed by atoms with Crippen molar-refractivity contribution >= 4 is 23.2 Å². The van der Waals surface area contributed by atoms with Crippen molar-refractivity contribution in [3.8, 4) is 11.4 Å². The van der Waals surface area contributed by atoms with Gasteiger partial charge in [0.05, 0.1) is 6.26 Å². The number of furan rings is 1. The van der Waals surface area contributed by atoms with E-state index in [4.69, 9.17) is 8.94 Å². The molecule has 150 valence electrons. The normalized spacial score (nSPS) is 10.5. The summed E-state index contributed by atoms with van der Waals surface area (Å²) in [7, 11) is 0. The number of nitrogens with zero attached hydrogens (tertiary/aromatic N) is 2. The first-order valence-electron chi connectivity index (χ1n) is 9.30. The minimum Gasteiger partial charge on any atom is -0.459 e. The lowest BCUT2D eigenvalue weighted by molar-refractivity contribution is -0.116. The molecule has 0 unspecified atom stereocenters. The van der Waals surface area contributed by atoms with E-state index in [1.807, 2.05) is 30.3 Å². The maximum absolute atomic E-state index is 12.2. The van der Waals surface area contributed by atoms with Crippen molar-refractivity contribution in [1.29, 1.82) is 0 Å². The molecule has 4 rings (SSSR count). The van der Waals surface area contributed by atoms with E-state index in [-0.39, 0.29) is 24.0 Å². The number of hydrogen-bond donors (Lipinski definition) is 2. The Morgan fingerprint density at radius 2 is 1.60 bits per heavy atom. The van der Waals surface area contributed by atoms with Crippen LogP contribution >= 0.6 is 0 Å². The molecule has 0 bridgehead atoms. The number of anilines is 2. The van der Waals surface area contributed by atoms with Gasteiger partial charge in [-0.2, -0.15) is 4.98 Å². The Bertz CT molecular complexity index is 1120. The predicted octanol–water partition coefficient (Wildman–Crippen LogP) is 4.15. The smallest absolute Gasteiger partial charge is 0.291 e. The van der Waals surface area contributed by atoms with Gasteiger partial charge in [0.15, 0.2) is 5.76 Å². The molecule has 8 nitrogen and oxygen atoms in total. The Balaban J connectivity index is 1.27. The summed E-state index contributed by atoms with van der Waals surface area (Å²) in [5.74, 6) is 0.607. The predicted molar refractivity (Wildman–Crippen MR) is 110 cm³/mol. The van der Waals surface area contributed by atoms with Crippen LogP contribution in [0.25, 0.3) is 11.4 Å². The third-order valence-electron chi connectivity index (χ3n) is 4.24. The maximum Gasteiger partial charge on any atom is 0.291 e. The molecule has 2 N–H and O–H groups in total. The minimum atomic E-state index is -0.341. The van der Waals surface area contributed by atoms with E-state index in [1.165, 1.54) is 6.26 Å². The van der Waals surface area contributed by atoms with E-state index in [2.05, 4.69) is 20.8 Å². The Morgan fingerprint density at radius 3 is 2.30 bits per heavy atom. The molecule has 8 heteroatoms. The van der Waals surface area contributed by atoms with Gasteiger partial charge in [0.1, 0.15) is 0 Å². The van der Waals surface area contributed by atoms with Crippen molar-refractivity contribution in [2.75, 3.05) is 10.6 Å². The molecular formula is C22H18N4O4. The van der Waals surface area contributed by atoms with Crippen LogP contribution < -0.4 is 10.6 Å². The van der Waals surface area contributed by atoms with Gasteiger partial charge in [0.25, 0.3) is 5.91 Å². The van der Waals surface area contributed by atoms with Gasteiger partial charge in [-0.05, 0) is 36.4 Å². The molecule has 4 aromatic rings. The Kier molecular flexibility index (Phi) is 5.66. The molecule has 2 aromatic carbocycles. The van der Waals surface area contributed by atoms with Gasteiger partial charge in [0.2, 0.25) is 17.6 Å². The van der Waals surface area contributed by atoms with Gasteiger partial charge in [-0.3, -0.25) is 9.59 Å². The van der Waals surface area contributed by atoms with Gasteiger partial charge in [-0.1, -0.05) is 35.5 Å². The quantitative estimate of drug-likeness (QED) is 0.480. The standard InChI is InChI=1S/C22H18N4O4/c27-19(12-13-20-25-21(26-30-20)15-5-2-1-3-6-15)23-16-8-10-17(11-9-16)24-22(28)18-7-4-14-29-18/h1-11,14H,12-13H2,(H,23,27)(H,24,28). The lowest BCUT2D eigenvalue weighted by Gasteiger charge is -2.07. The van der Waals surface area contributed by atoms with E-state index in [0.717, 1.165) is 5.56 Å². The van der Waals surface area contributed by atoms with Crippen LogP contribution in [0, 0.1) is 0 Å². The van der Waals surface area contributed by atoms with Crippen molar-refractivity contribution in [2.45, 2.75) is 12.8 Å². The summed E-state index contributed by atoms with van der Waals surface area (Å²) in [6.45, 7) is 0. The zero-order valence-corrected chi connectivity index (χ0v) is 15.9. The highest BCUT2D eigenvalue weighted by Crippen LogP contribution is 2.17. The number of carbonyl (C=O) groups excluding carboxylic acids is 2. The Hall–Kier alpha value is -4.20. The molecule has 2 heterocycles. The molecule has 0 atom stereocenters. The summed E-state index contributed by atoms with van der Waals surface area (Å²) in [5, 5.41) is 9.45. The molecule has 0 aliphatic rings. The van der Waals surface area contributed by atoms with Gasteiger partial charge in [-0.25, -0.2) is 0 Å². The van der Waals surface area contributed by atoms with Gasteiger partial charge >= 0.3 is 0 Å². The number of aromatic nitrogens is 2. The van der Waals surface area contributed by atoms with Crippen molar-refractivity contribution in [1.82, 2.24) is 10.1 Å². The number of amides is 2. The second-order valence-electron chi connectivity index (χ2n) is 6.43. The second-order valence-corrected chi connectivity index (χ2v) is 6.43. The van der Waals surface area contributed by atoms with Crippen molar-refractivity contribution < 1.29 is 18.5 Å². The molecule has 30 heavy (non-hydrogen) atoms. The molecule has 0 saturated heterocycles. The third-order valence-corrected chi connectivity index (χ3v) is 4.24. The molecular weight excluding hydrogens is 384 g/mol. The zero-order valence-electron chi connectivity index (χ0n) is 15.9. The molecule has 0 aliphatic heterocycles. The van der Waals surface area contributed by atoms with Crippen LogP contribution in [0.4, 0.5) is 11.4 Å². The lowest BCUT2D eigenvalue weighted by Crippen LogP contribution is -2.13. The van der Waals surface area contributed by atoms with Crippen LogP contribution in [0.15, 0.2) is 81.9 Å². The summed E-state index contributed by atoms with van der Waals surface area (Å²) < 4.78 is 10.3. The topological polar surface area (TPSA) is 110 Å². The van der Waals surface area contributed by atoms with Crippen molar-refractivity contribution in [2.24, 2.45) is 0 Å². The molecule has 0 fully saturated rings. The number of carbonyl (C=O) groups is 2. The van der Waals surface area contributed by atoms with Crippen molar-refractivity contribution in [3.05, 3.63) is 84.6 Å².